The molecule has 1 aromatic heterocycles. The lowest BCUT2D eigenvalue weighted by Crippen LogP contribution is -2.32. The van der Waals surface area contributed by atoms with Gasteiger partial charge in [0.2, 0.25) is 0 Å². The zero-order valence-electron chi connectivity index (χ0n) is 26.4. The Morgan fingerprint density at radius 1 is 0.674 bits per heavy atom. The number of aromatic amines is 1. The van der Waals surface area contributed by atoms with Crippen molar-refractivity contribution in [2.45, 2.75) is 76.5 Å². The number of benzene rings is 2. The zero-order chi connectivity index (χ0) is 35.2. The van der Waals surface area contributed by atoms with E-state index < -0.39 is 48.0 Å². The molecule has 3 rings (SSSR count). The number of para-hydroxylation sites is 1. The largest absolute Gasteiger partial charge is 0.480 e. The number of aromatic nitrogens is 1. The Labute approximate surface area is 268 Å². The van der Waals surface area contributed by atoms with Gasteiger partial charge in [0.1, 0.15) is 24.2 Å². The summed E-state index contributed by atoms with van der Waals surface area (Å²) in [5, 5.41) is 34.9. The molecule has 46 heavy (non-hydrogen) atoms. The first-order chi connectivity index (χ1) is 21.6. The van der Waals surface area contributed by atoms with Gasteiger partial charge in [-0.3, -0.25) is 19.2 Å². The standard InChI is InChI=1S/C11H12N2O2.C9H11NO2.C6H14N2O2.C6H13NO2/c12-9(11(14)15)5-7-6-13-10-4-2-1-3-8(7)10;10-8(9(11)12)6-7-4-2-1-3-5-7;7-4-2-1-3-5(8)6(9)10;1-4(2)3-5(7)6(8)9/h1-4,6,9,13H,5,12H2,(H,14,15);1-5,8H,6,10H2,(H,11,12);5H,1-4,7-8H2,(H,9,10);4-5H,3,7H2,1-2H3,(H,8,9)/t9-;8-;2*5-/m0000/s1. The quantitative estimate of drug-likeness (QED) is 0.112. The van der Waals surface area contributed by atoms with Gasteiger partial charge in [-0.1, -0.05) is 68.8 Å². The van der Waals surface area contributed by atoms with E-state index in [1.54, 1.807) is 0 Å². The normalized spacial score (nSPS) is 13.0. The minimum absolute atomic E-state index is 0.347. The molecular weight excluding hydrogens is 596 g/mol. The number of unbranched alkanes of at least 4 members (excludes halogenated alkanes) is 1. The van der Waals surface area contributed by atoms with Gasteiger partial charge in [-0.05, 0) is 55.3 Å². The summed E-state index contributed by atoms with van der Waals surface area (Å²) in [6, 6.07) is 14.1. The molecule has 0 saturated carbocycles. The van der Waals surface area contributed by atoms with Crippen LogP contribution < -0.4 is 28.7 Å². The highest BCUT2D eigenvalue weighted by Crippen LogP contribution is 2.18. The van der Waals surface area contributed by atoms with Crippen molar-refractivity contribution in [2.75, 3.05) is 6.54 Å². The van der Waals surface area contributed by atoms with Gasteiger partial charge in [-0.2, -0.15) is 0 Å². The number of hydrogen-bond donors (Lipinski definition) is 10. The number of nitrogens with two attached hydrogens (primary N) is 5. The summed E-state index contributed by atoms with van der Waals surface area (Å²) in [5.74, 6) is -3.42. The van der Waals surface area contributed by atoms with Gasteiger partial charge in [0, 0.05) is 23.5 Å². The minimum Gasteiger partial charge on any atom is -0.480 e. The number of rotatable bonds is 14. The van der Waals surface area contributed by atoms with Crippen molar-refractivity contribution < 1.29 is 39.6 Å². The van der Waals surface area contributed by atoms with Crippen LogP contribution in [-0.2, 0) is 32.0 Å². The molecule has 0 fully saturated rings. The second kappa shape index (κ2) is 23.1. The average molecular weight is 647 g/mol. The molecule has 0 aliphatic rings. The first-order valence-corrected chi connectivity index (χ1v) is 14.8. The third-order valence-electron chi connectivity index (χ3n) is 6.38. The molecule has 3 aromatic rings. The summed E-state index contributed by atoms with van der Waals surface area (Å²) in [5.41, 5.74) is 29.4. The smallest absolute Gasteiger partial charge is 0.320 e. The Balaban J connectivity index is 0.000000601. The number of nitrogens with one attached hydrogen (secondary N) is 1. The first kappa shape index (κ1) is 41.7. The van der Waals surface area contributed by atoms with Crippen LogP contribution in [0.15, 0.2) is 60.8 Å². The summed E-state index contributed by atoms with van der Waals surface area (Å²) in [7, 11) is 0. The molecule has 14 heteroatoms. The molecule has 15 N–H and O–H groups in total. The number of carboxylic acids is 4. The number of fused-ring (bicyclic) bond motifs is 1. The molecule has 0 aliphatic heterocycles. The molecule has 256 valence electrons. The fraction of sp³-hybridized carbons (Fsp3) is 0.438. The van der Waals surface area contributed by atoms with E-state index >= 15 is 0 Å². The van der Waals surface area contributed by atoms with Gasteiger partial charge in [0.05, 0.1) is 0 Å². The average Bonchev–Trinajstić information content (AvgIpc) is 3.40. The molecular formula is C32H50N6O8. The van der Waals surface area contributed by atoms with Crippen molar-refractivity contribution in [3.63, 3.8) is 0 Å². The SMILES string of the molecule is CC(C)C[C@H](N)C(=O)O.NCCCC[C@H](N)C(=O)O.N[C@@H](Cc1c[nH]c2ccccc12)C(=O)O.N[C@@H](Cc1ccccc1)C(=O)O. The second-order valence-electron chi connectivity index (χ2n) is 10.9. The highest BCUT2D eigenvalue weighted by Gasteiger charge is 2.15. The summed E-state index contributed by atoms with van der Waals surface area (Å²) in [6.45, 7) is 4.50. The van der Waals surface area contributed by atoms with E-state index in [-0.39, 0.29) is 0 Å². The predicted molar refractivity (Wildman–Crippen MR) is 177 cm³/mol. The molecule has 0 spiro atoms. The highest BCUT2D eigenvalue weighted by molar-refractivity contribution is 5.84. The molecule has 14 nitrogen and oxygen atoms in total. The lowest BCUT2D eigenvalue weighted by molar-refractivity contribution is -0.139. The number of aliphatic carboxylic acids is 4. The van der Waals surface area contributed by atoms with E-state index in [1.165, 1.54) is 0 Å². The molecule has 0 bridgehead atoms. The fourth-order valence-electron chi connectivity index (χ4n) is 3.82. The van der Waals surface area contributed by atoms with Crippen molar-refractivity contribution in [1.82, 2.24) is 4.98 Å². The van der Waals surface area contributed by atoms with Crippen LogP contribution in [0.4, 0.5) is 0 Å². The number of carbonyl (C=O) groups is 4. The van der Waals surface area contributed by atoms with Gasteiger partial charge < -0.3 is 54.1 Å². The molecule has 0 radical (unpaired) electrons. The highest BCUT2D eigenvalue weighted by atomic mass is 16.4. The Morgan fingerprint density at radius 2 is 1.17 bits per heavy atom. The van der Waals surface area contributed by atoms with E-state index in [9.17, 15) is 19.2 Å². The maximum atomic E-state index is 10.6. The van der Waals surface area contributed by atoms with Gasteiger partial charge in [0.25, 0.3) is 0 Å². The topological polar surface area (TPSA) is 295 Å². The predicted octanol–water partition coefficient (Wildman–Crippen LogP) is 1.74. The maximum absolute atomic E-state index is 10.6. The molecule has 2 aromatic carbocycles. The number of H-pyrrole nitrogens is 1. The van der Waals surface area contributed by atoms with E-state index in [0.29, 0.717) is 38.1 Å². The van der Waals surface area contributed by atoms with Crippen LogP contribution in [-0.4, -0.2) is 80.0 Å². The van der Waals surface area contributed by atoms with Gasteiger partial charge in [-0.25, -0.2) is 0 Å². The van der Waals surface area contributed by atoms with Crippen LogP contribution in [0.5, 0.6) is 0 Å². The summed E-state index contributed by atoms with van der Waals surface area (Å²) in [6.07, 6.45) is 5.26. The molecule has 1 heterocycles. The Hall–Kier alpha value is -4.34. The van der Waals surface area contributed by atoms with E-state index in [4.69, 9.17) is 49.1 Å². The molecule has 0 amide bonds. The Bertz CT molecular complexity index is 1320. The first-order valence-electron chi connectivity index (χ1n) is 14.8. The maximum Gasteiger partial charge on any atom is 0.320 e. The van der Waals surface area contributed by atoms with Crippen LogP contribution in [0, 0.1) is 5.92 Å². The molecule has 0 aliphatic carbocycles. The van der Waals surface area contributed by atoms with E-state index in [1.807, 2.05) is 74.6 Å². The van der Waals surface area contributed by atoms with Crippen molar-refractivity contribution in [3.05, 3.63) is 71.9 Å². The Kier molecular flexibility index (Phi) is 20.9. The van der Waals surface area contributed by atoms with Crippen LogP contribution in [0.25, 0.3) is 10.9 Å². The van der Waals surface area contributed by atoms with Gasteiger partial charge in [0.15, 0.2) is 0 Å². The molecule has 4 atom stereocenters. The van der Waals surface area contributed by atoms with Crippen LogP contribution in [0.3, 0.4) is 0 Å². The summed E-state index contributed by atoms with van der Waals surface area (Å²) in [4.78, 5) is 44.3. The van der Waals surface area contributed by atoms with E-state index in [2.05, 4.69) is 4.98 Å². The number of carboxylic acid groups (broad SMARTS) is 4. The monoisotopic (exact) mass is 646 g/mol. The van der Waals surface area contributed by atoms with Crippen LogP contribution >= 0.6 is 0 Å². The van der Waals surface area contributed by atoms with Gasteiger partial charge >= 0.3 is 23.9 Å². The van der Waals surface area contributed by atoms with Crippen molar-refractivity contribution >= 4 is 34.8 Å². The van der Waals surface area contributed by atoms with Crippen LogP contribution in [0.1, 0.15) is 50.7 Å². The third-order valence-corrected chi connectivity index (χ3v) is 6.38. The lowest BCUT2D eigenvalue weighted by atomic mass is 10.1. The summed E-state index contributed by atoms with van der Waals surface area (Å²) >= 11 is 0. The third kappa shape index (κ3) is 18.5. The Morgan fingerprint density at radius 3 is 1.65 bits per heavy atom. The van der Waals surface area contributed by atoms with Gasteiger partial charge in [-0.15, -0.1) is 0 Å². The minimum atomic E-state index is -0.972. The molecule has 0 unspecified atom stereocenters. The van der Waals surface area contributed by atoms with Crippen molar-refractivity contribution in [1.29, 1.82) is 0 Å². The van der Waals surface area contributed by atoms with E-state index in [0.717, 1.165) is 34.9 Å². The van der Waals surface area contributed by atoms with Crippen molar-refractivity contribution in [3.8, 4) is 0 Å². The second-order valence-corrected chi connectivity index (χ2v) is 10.9. The number of hydrogen-bond acceptors (Lipinski definition) is 9. The van der Waals surface area contributed by atoms with Crippen LogP contribution in [0.2, 0.25) is 0 Å². The summed E-state index contributed by atoms with van der Waals surface area (Å²) < 4.78 is 0. The fourth-order valence-corrected chi connectivity index (χ4v) is 3.82. The molecule has 0 saturated heterocycles. The zero-order valence-corrected chi connectivity index (χ0v) is 26.4. The van der Waals surface area contributed by atoms with Crippen molar-refractivity contribution in [2.24, 2.45) is 34.6 Å². The lowest BCUT2D eigenvalue weighted by Gasteiger charge is -2.07.